The standard InChI is InChI=1S/C19H19NO3/c1-13(2)12-17(19(22)23)20-18(21)16-10-8-15(9-11-16)14-6-4-3-5-7-14/h3-11,17H,1,12H2,2H3,(H,20,21)(H,22,23)/t17-/m0/s1. The van der Waals surface area contributed by atoms with E-state index < -0.39 is 17.9 Å². The number of aliphatic carboxylic acids is 1. The maximum Gasteiger partial charge on any atom is 0.326 e. The van der Waals surface area contributed by atoms with Crippen molar-refractivity contribution in [2.45, 2.75) is 19.4 Å². The molecule has 0 spiro atoms. The van der Waals surface area contributed by atoms with Crippen molar-refractivity contribution in [1.29, 1.82) is 0 Å². The van der Waals surface area contributed by atoms with Crippen LogP contribution in [0.3, 0.4) is 0 Å². The Kier molecular flexibility index (Phi) is 5.31. The molecule has 0 aromatic heterocycles. The first-order valence-corrected chi connectivity index (χ1v) is 7.31. The second-order valence-electron chi connectivity index (χ2n) is 5.47. The third kappa shape index (κ3) is 4.54. The Morgan fingerprint density at radius 1 is 1.04 bits per heavy atom. The molecular weight excluding hydrogens is 290 g/mol. The highest BCUT2D eigenvalue weighted by molar-refractivity contribution is 5.97. The summed E-state index contributed by atoms with van der Waals surface area (Å²) in [5, 5.41) is 11.7. The first kappa shape index (κ1) is 16.5. The molecule has 2 aromatic rings. The van der Waals surface area contributed by atoms with Gasteiger partial charge in [0.1, 0.15) is 6.04 Å². The number of benzene rings is 2. The monoisotopic (exact) mass is 309 g/mol. The van der Waals surface area contributed by atoms with Crippen LogP contribution < -0.4 is 5.32 Å². The molecule has 0 unspecified atom stereocenters. The zero-order chi connectivity index (χ0) is 16.8. The number of carbonyl (C=O) groups excluding carboxylic acids is 1. The molecule has 2 aromatic carbocycles. The fourth-order valence-corrected chi connectivity index (χ4v) is 2.23. The van der Waals surface area contributed by atoms with Gasteiger partial charge in [0.2, 0.25) is 0 Å². The number of nitrogens with one attached hydrogen (secondary N) is 1. The van der Waals surface area contributed by atoms with Gasteiger partial charge in [0, 0.05) is 5.56 Å². The normalized spacial score (nSPS) is 11.5. The lowest BCUT2D eigenvalue weighted by Crippen LogP contribution is -2.40. The number of hydrogen-bond acceptors (Lipinski definition) is 2. The number of hydrogen-bond donors (Lipinski definition) is 2. The molecule has 2 rings (SSSR count). The molecule has 0 heterocycles. The maximum absolute atomic E-state index is 12.2. The van der Waals surface area contributed by atoms with Gasteiger partial charge in [-0.15, -0.1) is 6.58 Å². The highest BCUT2D eigenvalue weighted by atomic mass is 16.4. The van der Waals surface area contributed by atoms with Crippen molar-refractivity contribution >= 4 is 11.9 Å². The van der Waals surface area contributed by atoms with Gasteiger partial charge in [-0.3, -0.25) is 4.79 Å². The van der Waals surface area contributed by atoms with Crippen LogP contribution in [0, 0.1) is 0 Å². The Bertz CT molecular complexity index is 705. The average Bonchev–Trinajstić information content (AvgIpc) is 2.54. The SMILES string of the molecule is C=C(C)C[C@H](NC(=O)c1ccc(-c2ccccc2)cc1)C(=O)O. The number of rotatable bonds is 6. The van der Waals surface area contributed by atoms with Crippen molar-refractivity contribution < 1.29 is 14.7 Å². The molecule has 0 aliphatic heterocycles. The topological polar surface area (TPSA) is 66.4 Å². The molecule has 1 atom stereocenters. The Morgan fingerprint density at radius 2 is 1.61 bits per heavy atom. The van der Waals surface area contributed by atoms with Gasteiger partial charge in [-0.25, -0.2) is 4.79 Å². The molecule has 23 heavy (non-hydrogen) atoms. The van der Waals surface area contributed by atoms with Crippen LogP contribution in [0.4, 0.5) is 0 Å². The molecule has 0 saturated carbocycles. The zero-order valence-electron chi connectivity index (χ0n) is 13.0. The average molecular weight is 309 g/mol. The number of amides is 1. The summed E-state index contributed by atoms with van der Waals surface area (Å²) in [6.45, 7) is 5.42. The van der Waals surface area contributed by atoms with Crippen LogP contribution in [0.5, 0.6) is 0 Å². The Hall–Kier alpha value is -2.88. The number of carboxylic acid groups (broad SMARTS) is 1. The lowest BCUT2D eigenvalue weighted by Gasteiger charge is -2.14. The second-order valence-corrected chi connectivity index (χ2v) is 5.47. The molecule has 1 amide bonds. The van der Waals surface area contributed by atoms with Crippen molar-refractivity contribution in [3.63, 3.8) is 0 Å². The van der Waals surface area contributed by atoms with Crippen molar-refractivity contribution in [3.8, 4) is 11.1 Å². The molecule has 0 aliphatic rings. The van der Waals surface area contributed by atoms with Gasteiger partial charge >= 0.3 is 5.97 Å². The van der Waals surface area contributed by atoms with Crippen molar-refractivity contribution in [2.24, 2.45) is 0 Å². The highest BCUT2D eigenvalue weighted by Gasteiger charge is 2.20. The summed E-state index contributed by atoms with van der Waals surface area (Å²) in [5.74, 6) is -1.47. The van der Waals surface area contributed by atoms with Gasteiger partial charge < -0.3 is 10.4 Å². The van der Waals surface area contributed by atoms with Crippen molar-refractivity contribution in [3.05, 3.63) is 72.3 Å². The maximum atomic E-state index is 12.2. The lowest BCUT2D eigenvalue weighted by atomic mass is 10.0. The summed E-state index contributed by atoms with van der Waals surface area (Å²) in [6, 6.07) is 15.9. The molecule has 0 saturated heterocycles. The van der Waals surface area contributed by atoms with E-state index >= 15 is 0 Å². The summed E-state index contributed by atoms with van der Waals surface area (Å²) >= 11 is 0. The van der Waals surface area contributed by atoms with E-state index in [0.29, 0.717) is 11.1 Å². The first-order valence-electron chi connectivity index (χ1n) is 7.31. The van der Waals surface area contributed by atoms with E-state index in [-0.39, 0.29) is 6.42 Å². The molecule has 0 fully saturated rings. The molecule has 0 bridgehead atoms. The van der Waals surface area contributed by atoms with Crippen LogP contribution in [0.2, 0.25) is 0 Å². The lowest BCUT2D eigenvalue weighted by molar-refractivity contribution is -0.139. The van der Waals surface area contributed by atoms with E-state index in [0.717, 1.165) is 11.1 Å². The third-order valence-electron chi connectivity index (χ3n) is 3.41. The quantitative estimate of drug-likeness (QED) is 0.803. The van der Waals surface area contributed by atoms with Gasteiger partial charge in [-0.05, 0) is 36.6 Å². The van der Waals surface area contributed by atoms with E-state index in [2.05, 4.69) is 11.9 Å². The zero-order valence-corrected chi connectivity index (χ0v) is 13.0. The Labute approximate surface area is 135 Å². The molecule has 2 N–H and O–H groups in total. The first-order chi connectivity index (χ1) is 11.0. The van der Waals surface area contributed by atoms with Crippen LogP contribution in [-0.2, 0) is 4.79 Å². The summed E-state index contributed by atoms with van der Waals surface area (Å²) < 4.78 is 0. The van der Waals surface area contributed by atoms with Gasteiger partial charge in [-0.1, -0.05) is 48.0 Å². The largest absolute Gasteiger partial charge is 0.480 e. The Morgan fingerprint density at radius 3 is 2.13 bits per heavy atom. The van der Waals surface area contributed by atoms with E-state index in [4.69, 9.17) is 5.11 Å². The molecule has 4 heteroatoms. The minimum Gasteiger partial charge on any atom is -0.480 e. The van der Waals surface area contributed by atoms with Gasteiger partial charge in [0.25, 0.3) is 5.91 Å². The van der Waals surface area contributed by atoms with Crippen molar-refractivity contribution in [2.75, 3.05) is 0 Å². The molecule has 4 nitrogen and oxygen atoms in total. The summed E-state index contributed by atoms with van der Waals surface area (Å²) in [6.07, 6.45) is 0.211. The van der Waals surface area contributed by atoms with Gasteiger partial charge in [-0.2, -0.15) is 0 Å². The minimum absolute atomic E-state index is 0.211. The fraction of sp³-hybridized carbons (Fsp3) is 0.158. The summed E-state index contributed by atoms with van der Waals surface area (Å²) in [5.41, 5.74) is 3.19. The van der Waals surface area contributed by atoms with E-state index in [1.165, 1.54) is 0 Å². The summed E-state index contributed by atoms with van der Waals surface area (Å²) in [4.78, 5) is 23.4. The van der Waals surface area contributed by atoms with Crippen LogP contribution in [0.25, 0.3) is 11.1 Å². The van der Waals surface area contributed by atoms with Crippen LogP contribution in [-0.4, -0.2) is 23.0 Å². The summed E-state index contributed by atoms with van der Waals surface area (Å²) in [7, 11) is 0. The Balaban J connectivity index is 2.11. The predicted octanol–water partition coefficient (Wildman–Crippen LogP) is 3.50. The molecule has 118 valence electrons. The predicted molar refractivity (Wildman–Crippen MR) is 90.2 cm³/mol. The fourth-order valence-electron chi connectivity index (χ4n) is 2.23. The van der Waals surface area contributed by atoms with E-state index in [1.54, 1.807) is 19.1 Å². The van der Waals surface area contributed by atoms with Gasteiger partial charge in [0.15, 0.2) is 0 Å². The molecular formula is C19H19NO3. The molecule has 0 aliphatic carbocycles. The smallest absolute Gasteiger partial charge is 0.326 e. The van der Waals surface area contributed by atoms with E-state index in [9.17, 15) is 9.59 Å². The highest BCUT2D eigenvalue weighted by Crippen LogP contribution is 2.19. The van der Waals surface area contributed by atoms with Gasteiger partial charge in [0.05, 0.1) is 0 Å². The van der Waals surface area contributed by atoms with Crippen LogP contribution >= 0.6 is 0 Å². The third-order valence-corrected chi connectivity index (χ3v) is 3.41. The number of carboxylic acids is 1. The van der Waals surface area contributed by atoms with Crippen LogP contribution in [0.1, 0.15) is 23.7 Å². The van der Waals surface area contributed by atoms with Crippen LogP contribution in [0.15, 0.2) is 66.7 Å². The van der Waals surface area contributed by atoms with E-state index in [1.807, 2.05) is 42.5 Å². The second kappa shape index (κ2) is 7.40. The minimum atomic E-state index is -1.07. The van der Waals surface area contributed by atoms with Crippen molar-refractivity contribution in [1.82, 2.24) is 5.32 Å². The molecule has 0 radical (unpaired) electrons. The number of carbonyl (C=O) groups is 2.